The van der Waals surface area contributed by atoms with Crippen LogP contribution in [-0.4, -0.2) is 100 Å². The van der Waals surface area contributed by atoms with E-state index in [1.165, 1.54) is 366 Å². The first-order valence-corrected chi connectivity index (χ1v) is 42.6. The number of rotatable bonds is 77. The van der Waals surface area contributed by atoms with E-state index in [-0.39, 0.29) is 18.5 Å². The van der Waals surface area contributed by atoms with Crippen molar-refractivity contribution in [1.82, 2.24) is 5.32 Å². The number of aliphatic hydroxyl groups is 5. The van der Waals surface area contributed by atoms with E-state index < -0.39 is 49.5 Å². The molecule has 7 atom stereocenters. The molecule has 0 aromatic carbocycles. The summed E-state index contributed by atoms with van der Waals surface area (Å²) in [4.78, 5) is 25.2. The smallest absolute Gasteiger partial charge is 0.305 e. The molecule has 11 heteroatoms. The van der Waals surface area contributed by atoms with E-state index in [0.717, 1.165) is 51.4 Å². The van der Waals surface area contributed by atoms with Crippen LogP contribution in [0.2, 0.25) is 0 Å². The van der Waals surface area contributed by atoms with Gasteiger partial charge in [0.15, 0.2) is 6.29 Å². The molecule has 1 rings (SSSR count). The summed E-state index contributed by atoms with van der Waals surface area (Å²) in [6.07, 6.45) is 86.7. The second kappa shape index (κ2) is 74.3. The molecule has 6 N–H and O–H groups in total. The zero-order chi connectivity index (χ0) is 69.4. The molecule has 1 amide bonds. The molecule has 1 fully saturated rings. The van der Waals surface area contributed by atoms with Gasteiger partial charge in [-0.25, -0.2) is 0 Å². The molecule has 11 nitrogen and oxygen atoms in total. The molecule has 0 aromatic heterocycles. The summed E-state index contributed by atoms with van der Waals surface area (Å²) >= 11 is 0. The topological polar surface area (TPSA) is 175 Å². The van der Waals surface area contributed by atoms with Crippen molar-refractivity contribution in [2.24, 2.45) is 0 Å². The highest BCUT2D eigenvalue weighted by atomic mass is 16.7. The van der Waals surface area contributed by atoms with E-state index >= 15 is 0 Å². The average Bonchev–Trinajstić information content (AvgIpc) is 0.852. The summed E-state index contributed by atoms with van der Waals surface area (Å²) in [5.74, 6) is -0.153. The van der Waals surface area contributed by atoms with E-state index in [0.29, 0.717) is 19.4 Å². The van der Waals surface area contributed by atoms with E-state index in [1.807, 2.05) is 6.08 Å². The third-order valence-corrected chi connectivity index (χ3v) is 20.6. The number of hydrogen-bond acceptors (Lipinski definition) is 10. The summed E-state index contributed by atoms with van der Waals surface area (Å²) in [6.45, 7) is 4.41. The van der Waals surface area contributed by atoms with Gasteiger partial charge in [0.1, 0.15) is 24.4 Å². The zero-order valence-electron chi connectivity index (χ0n) is 63.6. The fourth-order valence-electron chi connectivity index (χ4n) is 13.9. The van der Waals surface area contributed by atoms with E-state index in [2.05, 4.69) is 31.3 Å². The number of carbonyl (C=O) groups is 2. The van der Waals surface area contributed by atoms with Gasteiger partial charge in [0, 0.05) is 12.8 Å². The fourth-order valence-corrected chi connectivity index (χ4v) is 13.9. The molecule has 0 radical (unpaired) electrons. The van der Waals surface area contributed by atoms with E-state index in [9.17, 15) is 35.1 Å². The van der Waals surface area contributed by atoms with Crippen LogP contribution in [0.3, 0.4) is 0 Å². The first-order chi connectivity index (χ1) is 47.2. The summed E-state index contributed by atoms with van der Waals surface area (Å²) in [6, 6.07) is -0.806. The normalized spacial score (nSPS) is 17.3. The Kier molecular flexibility index (Phi) is 71.4. The highest BCUT2D eigenvalue weighted by molar-refractivity contribution is 5.76. The maximum Gasteiger partial charge on any atom is 0.305 e. The zero-order valence-corrected chi connectivity index (χ0v) is 63.6. The molecule has 1 heterocycles. The van der Waals surface area contributed by atoms with Crippen LogP contribution >= 0.6 is 0 Å². The van der Waals surface area contributed by atoms with Crippen LogP contribution in [-0.2, 0) is 23.8 Å². The van der Waals surface area contributed by atoms with Gasteiger partial charge in [0.05, 0.1) is 32.0 Å². The predicted octanol–water partition coefficient (Wildman–Crippen LogP) is 23.5. The fraction of sp³-hybridized carbons (Fsp3) is 0.929. The van der Waals surface area contributed by atoms with Crippen molar-refractivity contribution < 1.29 is 49.3 Å². The Bertz CT molecular complexity index is 1640. The molecule has 7 unspecified atom stereocenters. The molecular weight excluding hydrogens is 1190 g/mol. The molecule has 568 valence electrons. The third-order valence-electron chi connectivity index (χ3n) is 20.6. The molecule has 1 aliphatic rings. The summed E-state index contributed by atoms with van der Waals surface area (Å²) < 4.78 is 16.8. The molecule has 0 bridgehead atoms. The van der Waals surface area contributed by atoms with Gasteiger partial charge in [0.25, 0.3) is 0 Å². The molecule has 0 spiro atoms. The molecule has 1 aliphatic heterocycles. The second-order valence-electron chi connectivity index (χ2n) is 29.9. The number of allylic oxidation sites excluding steroid dienone is 3. The third kappa shape index (κ3) is 62.0. The first kappa shape index (κ1) is 92.2. The molecule has 0 aromatic rings. The minimum Gasteiger partial charge on any atom is -0.466 e. The Morgan fingerprint density at radius 1 is 0.375 bits per heavy atom. The Labute approximate surface area is 594 Å². The van der Waals surface area contributed by atoms with Crippen LogP contribution in [0.1, 0.15) is 444 Å². The van der Waals surface area contributed by atoms with Crippen molar-refractivity contribution >= 4 is 11.9 Å². The van der Waals surface area contributed by atoms with Crippen LogP contribution in [0.5, 0.6) is 0 Å². The van der Waals surface area contributed by atoms with Gasteiger partial charge in [-0.05, 0) is 57.8 Å². The van der Waals surface area contributed by atoms with Crippen molar-refractivity contribution in [2.75, 3.05) is 19.8 Å². The van der Waals surface area contributed by atoms with E-state index in [4.69, 9.17) is 14.2 Å². The minimum absolute atomic E-state index is 0.0218. The Morgan fingerprint density at radius 2 is 0.667 bits per heavy atom. The lowest BCUT2D eigenvalue weighted by Gasteiger charge is -2.40. The van der Waals surface area contributed by atoms with Gasteiger partial charge in [-0.15, -0.1) is 0 Å². The molecule has 0 aliphatic carbocycles. The number of ether oxygens (including phenoxy) is 3. The molecular formula is C85H163NO10. The van der Waals surface area contributed by atoms with Crippen LogP contribution in [0.4, 0.5) is 0 Å². The van der Waals surface area contributed by atoms with Gasteiger partial charge in [-0.1, -0.05) is 398 Å². The first-order valence-electron chi connectivity index (χ1n) is 42.6. The van der Waals surface area contributed by atoms with Crippen LogP contribution < -0.4 is 5.32 Å². The number of amides is 1. The maximum atomic E-state index is 13.1. The maximum absolute atomic E-state index is 13.1. The van der Waals surface area contributed by atoms with Gasteiger partial charge < -0.3 is 45.1 Å². The lowest BCUT2D eigenvalue weighted by molar-refractivity contribution is -0.302. The van der Waals surface area contributed by atoms with Crippen LogP contribution in [0.15, 0.2) is 24.3 Å². The highest BCUT2D eigenvalue weighted by Gasteiger charge is 2.44. The Morgan fingerprint density at radius 3 is 1.00 bits per heavy atom. The van der Waals surface area contributed by atoms with Gasteiger partial charge in [-0.2, -0.15) is 0 Å². The number of hydrogen-bond donors (Lipinski definition) is 6. The lowest BCUT2D eigenvalue weighted by Crippen LogP contribution is -2.60. The Hall–Kier alpha value is -1.86. The van der Waals surface area contributed by atoms with Crippen molar-refractivity contribution in [1.29, 1.82) is 0 Å². The van der Waals surface area contributed by atoms with Crippen molar-refractivity contribution in [2.45, 2.75) is 487 Å². The summed E-state index contributed by atoms with van der Waals surface area (Å²) in [5.41, 5.74) is 0. The second-order valence-corrected chi connectivity index (χ2v) is 29.9. The molecule has 0 saturated carbocycles. The van der Waals surface area contributed by atoms with Crippen molar-refractivity contribution in [3.8, 4) is 0 Å². The highest BCUT2D eigenvalue weighted by Crippen LogP contribution is 2.24. The molecule has 96 heavy (non-hydrogen) atoms. The lowest BCUT2D eigenvalue weighted by atomic mass is 9.99. The number of esters is 1. The number of carbonyl (C=O) groups excluding carboxylic acids is 2. The largest absolute Gasteiger partial charge is 0.466 e. The van der Waals surface area contributed by atoms with Crippen molar-refractivity contribution in [3.63, 3.8) is 0 Å². The van der Waals surface area contributed by atoms with Gasteiger partial charge >= 0.3 is 5.97 Å². The predicted molar refractivity (Wildman–Crippen MR) is 408 cm³/mol. The SMILES string of the molecule is CCCCCCCCCCCC/C=C/C(O)C(COC1OC(CO)C(O)C(O)C1O)NC(=O)CCCCCCCCCCCCCCCCCCC/C=C\CCCCCCCCCCCCCCCCCCCCOC(=O)CCCCCCCCCCCCCCCCCCC. The number of nitrogens with one attached hydrogen (secondary N) is 1. The van der Waals surface area contributed by atoms with Crippen LogP contribution in [0, 0.1) is 0 Å². The summed E-state index contributed by atoms with van der Waals surface area (Å²) in [7, 11) is 0. The Balaban J connectivity index is 1.86. The number of unbranched alkanes of at least 4 members (excludes halogenated alkanes) is 61. The average molecular weight is 1360 g/mol. The van der Waals surface area contributed by atoms with Gasteiger partial charge in [0.2, 0.25) is 5.91 Å². The standard InChI is InChI=1S/C85H163NO10/c1-3-5-7-9-11-13-15-17-18-42-46-49-53-57-61-65-69-73-81(90)94-74-70-66-62-58-54-50-47-44-41-39-37-35-33-31-29-27-25-23-21-19-20-22-24-26-28-30-32-34-36-38-40-43-45-48-52-56-60-64-68-72-80(89)86-77(76-95-85-84(93)83(92)82(91)79(75-87)96-85)78(88)71-67-63-59-55-51-16-14-12-10-8-6-4-2/h19-20,67,71,77-79,82-85,87-88,91-93H,3-18,21-66,68-70,72-76H2,1-2H3,(H,86,89)/b20-19-,71-67+. The van der Waals surface area contributed by atoms with Crippen LogP contribution in [0.25, 0.3) is 0 Å². The molecule has 1 saturated heterocycles. The van der Waals surface area contributed by atoms with Crippen molar-refractivity contribution in [3.05, 3.63) is 24.3 Å². The minimum atomic E-state index is -1.57. The monoisotopic (exact) mass is 1360 g/mol. The summed E-state index contributed by atoms with van der Waals surface area (Å²) in [5, 5.41) is 54.6. The quantitative estimate of drug-likeness (QED) is 0.0195. The van der Waals surface area contributed by atoms with Gasteiger partial charge in [-0.3, -0.25) is 9.59 Å². The number of aliphatic hydroxyl groups excluding tert-OH is 5. The van der Waals surface area contributed by atoms with E-state index in [1.54, 1.807) is 6.08 Å².